The number of hydrogen-bond acceptors (Lipinski definition) is 2. The van der Waals surface area contributed by atoms with Gasteiger partial charge in [0.25, 0.3) is 0 Å². The predicted octanol–water partition coefficient (Wildman–Crippen LogP) is 2.80. The number of nitrogens with zero attached hydrogens (tertiary/aromatic N) is 2. The lowest BCUT2D eigenvalue weighted by Crippen LogP contribution is -2.09. The van der Waals surface area contributed by atoms with Crippen LogP contribution in [0, 0.1) is 11.3 Å². The maximum Gasteiger partial charge on any atom is 0.417 e. The minimum absolute atomic E-state index is 0.101. The summed E-state index contributed by atoms with van der Waals surface area (Å²) in [5, 5.41) is 18.6. The molecule has 0 fully saturated rings. The predicted molar refractivity (Wildman–Crippen MR) is 57.8 cm³/mol. The van der Waals surface area contributed by atoms with E-state index in [9.17, 15) is 4.79 Å². The molecule has 0 atom stereocenters. The fourth-order valence-corrected chi connectivity index (χ4v) is 2.10. The number of fused-ring (bicyclic) bond motifs is 1. The van der Waals surface area contributed by atoms with E-state index in [-0.39, 0.29) is 5.69 Å². The number of carbonyl (C=O) groups is 1. The smallest absolute Gasteiger partial charge is 0.417 e. The van der Waals surface area contributed by atoms with E-state index >= 15 is 0 Å². The standard InChI is InChI=1S/C10H5BrN2O2/c11-9-6-3-1-2-4-7(6)13(10(14)15)8(9)5-12/h1-4H,(H,14,15). The van der Waals surface area contributed by atoms with Gasteiger partial charge in [0, 0.05) is 5.39 Å². The third-order valence-electron chi connectivity index (χ3n) is 2.11. The van der Waals surface area contributed by atoms with E-state index in [0.717, 1.165) is 9.95 Å². The van der Waals surface area contributed by atoms with Crippen molar-refractivity contribution in [2.24, 2.45) is 0 Å². The number of halogens is 1. The summed E-state index contributed by atoms with van der Waals surface area (Å²) >= 11 is 3.22. The van der Waals surface area contributed by atoms with Gasteiger partial charge in [0.2, 0.25) is 0 Å². The third kappa shape index (κ3) is 1.30. The molecule has 2 aromatic rings. The molecular weight excluding hydrogens is 260 g/mol. The molecule has 0 bridgehead atoms. The molecule has 2 rings (SSSR count). The quantitative estimate of drug-likeness (QED) is 0.796. The molecule has 0 aliphatic heterocycles. The van der Waals surface area contributed by atoms with Crippen molar-refractivity contribution < 1.29 is 9.90 Å². The number of aromatic nitrogens is 1. The van der Waals surface area contributed by atoms with Crippen LogP contribution in [-0.2, 0) is 0 Å². The highest BCUT2D eigenvalue weighted by atomic mass is 79.9. The van der Waals surface area contributed by atoms with Crippen LogP contribution in [-0.4, -0.2) is 15.8 Å². The van der Waals surface area contributed by atoms with Gasteiger partial charge in [-0.2, -0.15) is 5.26 Å². The summed E-state index contributed by atoms with van der Waals surface area (Å²) in [4.78, 5) is 11.0. The SMILES string of the molecule is N#Cc1c(Br)c2ccccc2n1C(=O)O. The first-order valence-electron chi connectivity index (χ1n) is 4.09. The van der Waals surface area contributed by atoms with Gasteiger partial charge < -0.3 is 5.11 Å². The molecule has 0 amide bonds. The molecule has 0 aliphatic carbocycles. The highest BCUT2D eigenvalue weighted by molar-refractivity contribution is 9.10. The molecule has 0 aliphatic rings. The van der Waals surface area contributed by atoms with Crippen LogP contribution in [0.2, 0.25) is 0 Å². The number of benzene rings is 1. The summed E-state index contributed by atoms with van der Waals surface area (Å²) in [6.45, 7) is 0. The zero-order valence-electron chi connectivity index (χ0n) is 7.44. The molecule has 0 radical (unpaired) electrons. The Labute approximate surface area is 93.5 Å². The fourth-order valence-electron chi connectivity index (χ4n) is 1.50. The molecule has 1 heterocycles. The lowest BCUT2D eigenvalue weighted by Gasteiger charge is -1.97. The summed E-state index contributed by atoms with van der Waals surface area (Å²) in [6.07, 6.45) is -1.16. The normalized spacial score (nSPS) is 10.1. The molecule has 0 saturated heterocycles. The van der Waals surface area contributed by atoms with Crippen LogP contribution in [0.5, 0.6) is 0 Å². The molecule has 1 aromatic heterocycles. The summed E-state index contributed by atoms with van der Waals surface area (Å²) in [6, 6.07) is 8.82. The van der Waals surface area contributed by atoms with Crippen molar-refractivity contribution in [2.75, 3.05) is 0 Å². The number of carboxylic acid groups (broad SMARTS) is 1. The van der Waals surface area contributed by atoms with Crippen molar-refractivity contribution >= 4 is 32.9 Å². The van der Waals surface area contributed by atoms with Gasteiger partial charge in [-0.25, -0.2) is 9.36 Å². The summed E-state index contributed by atoms with van der Waals surface area (Å²) in [7, 11) is 0. The topological polar surface area (TPSA) is 66.0 Å². The van der Waals surface area contributed by atoms with E-state index < -0.39 is 6.09 Å². The Bertz CT molecular complexity index is 595. The van der Waals surface area contributed by atoms with Crippen molar-refractivity contribution in [2.45, 2.75) is 0 Å². The second kappa shape index (κ2) is 3.41. The van der Waals surface area contributed by atoms with Crippen LogP contribution in [0.4, 0.5) is 4.79 Å². The van der Waals surface area contributed by atoms with Gasteiger partial charge in [-0.05, 0) is 22.0 Å². The second-order valence-corrected chi connectivity index (χ2v) is 3.70. The second-order valence-electron chi connectivity index (χ2n) is 2.91. The van der Waals surface area contributed by atoms with Crippen LogP contribution in [0.15, 0.2) is 28.7 Å². The molecule has 0 spiro atoms. The molecular formula is C10H5BrN2O2. The highest BCUT2D eigenvalue weighted by Crippen LogP contribution is 2.30. The van der Waals surface area contributed by atoms with Gasteiger partial charge in [-0.1, -0.05) is 18.2 Å². The van der Waals surface area contributed by atoms with Crippen molar-refractivity contribution in [3.63, 3.8) is 0 Å². The van der Waals surface area contributed by atoms with E-state index in [1.807, 2.05) is 6.07 Å². The van der Waals surface area contributed by atoms with Crippen LogP contribution in [0.1, 0.15) is 5.69 Å². The Balaban J connectivity index is 2.99. The molecule has 5 heteroatoms. The first kappa shape index (κ1) is 9.74. The van der Waals surface area contributed by atoms with E-state index in [1.54, 1.807) is 24.3 Å². The molecule has 15 heavy (non-hydrogen) atoms. The van der Waals surface area contributed by atoms with Gasteiger partial charge in [0.15, 0.2) is 0 Å². The minimum atomic E-state index is -1.16. The van der Waals surface area contributed by atoms with Gasteiger partial charge >= 0.3 is 6.09 Å². The van der Waals surface area contributed by atoms with E-state index in [0.29, 0.717) is 9.99 Å². The monoisotopic (exact) mass is 264 g/mol. The Morgan fingerprint density at radius 1 is 1.47 bits per heavy atom. The van der Waals surface area contributed by atoms with Crippen LogP contribution in [0.3, 0.4) is 0 Å². The lowest BCUT2D eigenvalue weighted by molar-refractivity contribution is 0.197. The lowest BCUT2D eigenvalue weighted by atomic mass is 10.2. The number of para-hydroxylation sites is 1. The first-order valence-corrected chi connectivity index (χ1v) is 4.88. The van der Waals surface area contributed by atoms with E-state index in [4.69, 9.17) is 10.4 Å². The first-order chi connectivity index (χ1) is 7.16. The van der Waals surface area contributed by atoms with Crippen molar-refractivity contribution in [1.82, 2.24) is 4.57 Å². The van der Waals surface area contributed by atoms with Crippen molar-refractivity contribution in [3.05, 3.63) is 34.4 Å². The van der Waals surface area contributed by atoms with Gasteiger partial charge in [-0.3, -0.25) is 0 Å². The summed E-state index contributed by atoms with van der Waals surface area (Å²) in [5.41, 5.74) is 0.608. The average Bonchev–Trinajstić information content (AvgIpc) is 2.52. The maximum atomic E-state index is 11.0. The maximum absolute atomic E-state index is 11.0. The van der Waals surface area contributed by atoms with Gasteiger partial charge in [0.05, 0.1) is 9.99 Å². The Morgan fingerprint density at radius 3 is 2.73 bits per heavy atom. The van der Waals surface area contributed by atoms with Crippen LogP contribution in [0.25, 0.3) is 10.9 Å². The van der Waals surface area contributed by atoms with Crippen molar-refractivity contribution in [3.8, 4) is 6.07 Å². The third-order valence-corrected chi connectivity index (χ3v) is 2.91. The number of rotatable bonds is 0. The molecule has 74 valence electrons. The van der Waals surface area contributed by atoms with Crippen LogP contribution < -0.4 is 0 Å². The Morgan fingerprint density at radius 2 is 2.13 bits per heavy atom. The zero-order chi connectivity index (χ0) is 11.0. The highest BCUT2D eigenvalue weighted by Gasteiger charge is 2.18. The number of nitriles is 1. The molecule has 0 unspecified atom stereocenters. The van der Waals surface area contributed by atoms with Gasteiger partial charge in [-0.15, -0.1) is 0 Å². The zero-order valence-corrected chi connectivity index (χ0v) is 9.02. The van der Waals surface area contributed by atoms with E-state index in [2.05, 4.69) is 15.9 Å². The average molecular weight is 265 g/mol. The Kier molecular flexibility index (Phi) is 2.21. The summed E-state index contributed by atoms with van der Waals surface area (Å²) in [5.74, 6) is 0. The number of hydrogen-bond donors (Lipinski definition) is 1. The van der Waals surface area contributed by atoms with E-state index in [1.165, 1.54) is 0 Å². The summed E-state index contributed by atoms with van der Waals surface area (Å²) < 4.78 is 1.49. The Hall–Kier alpha value is -1.80. The van der Waals surface area contributed by atoms with Gasteiger partial charge in [0.1, 0.15) is 11.8 Å². The molecule has 0 saturated carbocycles. The van der Waals surface area contributed by atoms with Crippen molar-refractivity contribution in [1.29, 1.82) is 5.26 Å². The molecule has 1 N–H and O–H groups in total. The largest absolute Gasteiger partial charge is 0.464 e. The van der Waals surface area contributed by atoms with Crippen LogP contribution >= 0.6 is 15.9 Å². The molecule has 4 nitrogen and oxygen atoms in total. The minimum Gasteiger partial charge on any atom is -0.464 e. The fraction of sp³-hybridized carbons (Fsp3) is 0. The molecule has 1 aromatic carbocycles.